The number of halogens is 1. The third kappa shape index (κ3) is 2.80. The summed E-state index contributed by atoms with van der Waals surface area (Å²) < 4.78 is 21.1. The monoisotopic (exact) mass is 446 g/mol. The fraction of sp³-hybridized carbons (Fsp3) is 0.640. The molecule has 2 fully saturated rings. The minimum Gasteiger partial charge on any atom is -0.447 e. The van der Waals surface area contributed by atoms with Gasteiger partial charge in [-0.05, 0) is 36.3 Å². The summed E-state index contributed by atoms with van der Waals surface area (Å²) in [5, 5.41) is 21.2. The molecule has 6 nitrogen and oxygen atoms in total. The van der Waals surface area contributed by atoms with E-state index in [1.165, 1.54) is 6.08 Å². The molecular formula is C25H31FO6. The number of aliphatic hydroxyl groups is 2. The van der Waals surface area contributed by atoms with Crippen LogP contribution in [0.2, 0.25) is 0 Å². The lowest BCUT2D eigenvalue weighted by atomic mass is 9.46. The van der Waals surface area contributed by atoms with Crippen molar-refractivity contribution in [2.75, 3.05) is 6.61 Å². The summed E-state index contributed by atoms with van der Waals surface area (Å²) in [6.07, 6.45) is 3.99. The standard InChI is InChI=1S/C25H31FO6/c1-5-21(31)32-25(20(30)12-27)13(2)8-16-15-10-18(26)17-9-14(28)6-7-23(17,3)22(15)19(29)11-24(16,25)4/h5-7,13,15-16,19,22,27,29H,1,8-12H2,2-4H3/t13-,15?,16?,19+,22?,23+,24+,25+/m1/s1. The van der Waals surface area contributed by atoms with E-state index in [1.54, 1.807) is 13.0 Å². The van der Waals surface area contributed by atoms with Gasteiger partial charge in [0, 0.05) is 41.6 Å². The molecule has 0 amide bonds. The molecule has 0 aliphatic heterocycles. The lowest BCUT2D eigenvalue weighted by Gasteiger charge is -2.59. The van der Waals surface area contributed by atoms with Crippen molar-refractivity contribution < 1.29 is 33.7 Å². The van der Waals surface area contributed by atoms with Crippen LogP contribution in [0.15, 0.2) is 36.2 Å². The number of ketones is 2. The normalized spacial score (nSPS) is 45.1. The largest absolute Gasteiger partial charge is 0.447 e. The van der Waals surface area contributed by atoms with Crippen LogP contribution in [0.25, 0.3) is 0 Å². The minimum absolute atomic E-state index is 0.0109. The first-order valence-corrected chi connectivity index (χ1v) is 11.2. The van der Waals surface area contributed by atoms with Crippen molar-refractivity contribution in [3.05, 3.63) is 36.2 Å². The maximum atomic E-state index is 15.4. The first-order chi connectivity index (χ1) is 15.0. The highest BCUT2D eigenvalue weighted by atomic mass is 19.1. The zero-order valence-corrected chi connectivity index (χ0v) is 18.8. The topological polar surface area (TPSA) is 101 Å². The number of Topliss-reactive ketones (excluding diaryl/α,β-unsaturated/α-hetero) is 1. The van der Waals surface area contributed by atoms with E-state index in [1.807, 2.05) is 13.8 Å². The van der Waals surface area contributed by atoms with Crippen LogP contribution in [0, 0.1) is 34.5 Å². The molecule has 0 aromatic carbocycles. The third-order valence-corrected chi connectivity index (χ3v) is 9.03. The molecule has 0 spiro atoms. The van der Waals surface area contributed by atoms with E-state index in [4.69, 9.17) is 4.74 Å². The van der Waals surface area contributed by atoms with Gasteiger partial charge in [0.15, 0.2) is 11.4 Å². The van der Waals surface area contributed by atoms with Crippen LogP contribution < -0.4 is 0 Å². The molecule has 4 aliphatic rings. The molecule has 0 bridgehead atoms. The highest BCUT2D eigenvalue weighted by Crippen LogP contribution is 2.69. The molecule has 0 saturated heterocycles. The van der Waals surface area contributed by atoms with Crippen molar-refractivity contribution in [3.63, 3.8) is 0 Å². The van der Waals surface area contributed by atoms with Gasteiger partial charge in [0.25, 0.3) is 0 Å². The summed E-state index contributed by atoms with van der Waals surface area (Å²) >= 11 is 0. The van der Waals surface area contributed by atoms with E-state index in [0.29, 0.717) is 12.0 Å². The van der Waals surface area contributed by atoms with Crippen molar-refractivity contribution in [3.8, 4) is 0 Å². The molecule has 32 heavy (non-hydrogen) atoms. The number of carbonyl (C=O) groups excluding carboxylic acids is 3. The Morgan fingerprint density at radius 3 is 2.69 bits per heavy atom. The van der Waals surface area contributed by atoms with E-state index in [-0.39, 0.29) is 48.6 Å². The van der Waals surface area contributed by atoms with Gasteiger partial charge in [-0.3, -0.25) is 9.59 Å². The number of ether oxygens (including phenoxy) is 1. The Balaban J connectivity index is 1.85. The Morgan fingerprint density at radius 2 is 2.06 bits per heavy atom. The van der Waals surface area contributed by atoms with E-state index in [2.05, 4.69) is 6.58 Å². The molecule has 0 heterocycles. The lowest BCUT2D eigenvalue weighted by molar-refractivity contribution is -0.201. The van der Waals surface area contributed by atoms with Crippen LogP contribution in [0.1, 0.15) is 46.5 Å². The summed E-state index contributed by atoms with van der Waals surface area (Å²) in [6.45, 7) is 8.11. The number of aliphatic hydroxyl groups excluding tert-OH is 2. The van der Waals surface area contributed by atoms with E-state index >= 15 is 4.39 Å². The first kappa shape index (κ1) is 23.1. The average molecular weight is 447 g/mol. The van der Waals surface area contributed by atoms with Crippen LogP contribution in [-0.4, -0.2) is 46.1 Å². The highest BCUT2D eigenvalue weighted by molar-refractivity contribution is 5.94. The molecule has 2 N–H and O–H groups in total. The predicted molar refractivity (Wildman–Crippen MR) is 114 cm³/mol. The van der Waals surface area contributed by atoms with E-state index in [0.717, 1.165) is 6.08 Å². The van der Waals surface area contributed by atoms with E-state index < -0.39 is 46.8 Å². The quantitative estimate of drug-likeness (QED) is 0.509. The Morgan fingerprint density at radius 1 is 1.38 bits per heavy atom. The fourth-order valence-electron chi connectivity index (χ4n) is 7.81. The lowest BCUT2D eigenvalue weighted by Crippen LogP contribution is -2.64. The van der Waals surface area contributed by atoms with Crippen LogP contribution >= 0.6 is 0 Å². The number of hydrogen-bond donors (Lipinski definition) is 2. The smallest absolute Gasteiger partial charge is 0.331 e. The molecule has 4 rings (SSSR count). The third-order valence-electron chi connectivity index (χ3n) is 9.03. The van der Waals surface area contributed by atoms with Crippen molar-refractivity contribution in [2.45, 2.75) is 58.2 Å². The van der Waals surface area contributed by atoms with Crippen LogP contribution in [-0.2, 0) is 19.1 Å². The van der Waals surface area contributed by atoms with Crippen LogP contribution in [0.5, 0.6) is 0 Å². The maximum Gasteiger partial charge on any atom is 0.331 e. The zero-order chi connectivity index (χ0) is 23.6. The molecule has 7 heteroatoms. The molecule has 0 aromatic heterocycles. The van der Waals surface area contributed by atoms with Gasteiger partial charge in [-0.2, -0.15) is 0 Å². The molecule has 174 valence electrons. The van der Waals surface area contributed by atoms with Gasteiger partial charge in [0.05, 0.1) is 6.10 Å². The molecule has 0 radical (unpaired) electrons. The number of esters is 1. The van der Waals surface area contributed by atoms with Gasteiger partial charge >= 0.3 is 5.97 Å². The average Bonchev–Trinajstić information content (AvgIpc) is 2.95. The SMILES string of the molecule is C=CC(=O)O[C@]1(C(=O)CO)[C@H](C)CC2C3CC(F)=C4CC(=O)C=C[C@]4(C)C3[C@@H](O)C[C@@]21C. The fourth-order valence-corrected chi connectivity index (χ4v) is 7.81. The summed E-state index contributed by atoms with van der Waals surface area (Å²) in [6, 6.07) is 0. The number of fused-ring (bicyclic) bond motifs is 5. The van der Waals surface area contributed by atoms with Gasteiger partial charge in [0.2, 0.25) is 5.78 Å². The second-order valence-electron chi connectivity index (χ2n) is 10.4. The van der Waals surface area contributed by atoms with Crippen molar-refractivity contribution in [1.82, 2.24) is 0 Å². The van der Waals surface area contributed by atoms with Gasteiger partial charge in [-0.25, -0.2) is 9.18 Å². The van der Waals surface area contributed by atoms with Gasteiger partial charge < -0.3 is 14.9 Å². The molecule has 8 atom stereocenters. The first-order valence-electron chi connectivity index (χ1n) is 11.2. The zero-order valence-electron chi connectivity index (χ0n) is 18.8. The summed E-state index contributed by atoms with van der Waals surface area (Å²) in [5.41, 5.74) is -2.98. The summed E-state index contributed by atoms with van der Waals surface area (Å²) in [5.74, 6) is -3.17. The highest BCUT2D eigenvalue weighted by Gasteiger charge is 2.72. The molecular weight excluding hydrogens is 415 g/mol. The van der Waals surface area contributed by atoms with Crippen LogP contribution in [0.3, 0.4) is 0 Å². The number of carbonyl (C=O) groups is 3. The van der Waals surface area contributed by atoms with Crippen LogP contribution in [0.4, 0.5) is 4.39 Å². The van der Waals surface area contributed by atoms with Crippen molar-refractivity contribution in [1.29, 1.82) is 0 Å². The maximum absolute atomic E-state index is 15.4. The number of allylic oxidation sites excluding steroid dienone is 4. The molecule has 2 saturated carbocycles. The Bertz CT molecular complexity index is 952. The molecule has 4 aliphatic carbocycles. The van der Waals surface area contributed by atoms with Gasteiger partial charge in [-0.15, -0.1) is 0 Å². The van der Waals surface area contributed by atoms with Crippen molar-refractivity contribution >= 4 is 17.5 Å². The Kier molecular flexibility index (Phi) is 5.37. The minimum atomic E-state index is -1.64. The second-order valence-corrected chi connectivity index (χ2v) is 10.4. The van der Waals surface area contributed by atoms with Crippen molar-refractivity contribution in [2.24, 2.45) is 34.5 Å². The molecule has 0 aromatic rings. The summed E-state index contributed by atoms with van der Waals surface area (Å²) in [7, 11) is 0. The molecule has 3 unspecified atom stereocenters. The Hall–Kier alpha value is -2.12. The van der Waals surface area contributed by atoms with Gasteiger partial charge in [-0.1, -0.05) is 33.4 Å². The number of rotatable bonds is 4. The summed E-state index contributed by atoms with van der Waals surface area (Å²) in [4.78, 5) is 37.4. The second kappa shape index (κ2) is 7.45. The van der Waals surface area contributed by atoms with E-state index in [9.17, 15) is 24.6 Å². The number of hydrogen-bond acceptors (Lipinski definition) is 6. The van der Waals surface area contributed by atoms with Gasteiger partial charge in [0.1, 0.15) is 12.4 Å². The predicted octanol–water partition coefficient (Wildman–Crippen LogP) is 2.84. The Labute approximate surface area is 187 Å².